The van der Waals surface area contributed by atoms with Crippen LogP contribution in [0.2, 0.25) is 0 Å². The van der Waals surface area contributed by atoms with Crippen molar-refractivity contribution in [3.63, 3.8) is 0 Å². The van der Waals surface area contributed by atoms with Crippen molar-refractivity contribution in [1.82, 2.24) is 0 Å². The number of aromatic carboxylic acids is 1. The van der Waals surface area contributed by atoms with E-state index in [1.807, 2.05) is 0 Å². The van der Waals surface area contributed by atoms with Gasteiger partial charge in [-0.05, 0) is 48.0 Å². The predicted octanol–water partition coefficient (Wildman–Crippen LogP) is 4.94. The van der Waals surface area contributed by atoms with Gasteiger partial charge in [0.15, 0.2) is 11.5 Å². The Morgan fingerprint density at radius 1 is 1.21 bits per heavy atom. The van der Waals surface area contributed by atoms with Crippen molar-refractivity contribution in [3.8, 4) is 11.5 Å². The van der Waals surface area contributed by atoms with Gasteiger partial charge in [-0.2, -0.15) is 18.3 Å². The molecule has 1 heterocycles. The fourth-order valence-corrected chi connectivity index (χ4v) is 2.73. The number of alkyl halides is 3. The lowest BCUT2D eigenvalue weighted by molar-refractivity contribution is -0.384. The number of nitro benzene ring substituents is 1. The Labute approximate surface area is 189 Å². The molecule has 0 aliphatic rings. The molecule has 0 atom stereocenters. The van der Waals surface area contributed by atoms with Crippen molar-refractivity contribution < 1.29 is 41.9 Å². The molecule has 0 saturated carbocycles. The first kappa shape index (κ1) is 24.1. The van der Waals surface area contributed by atoms with Crippen LogP contribution in [0, 0.1) is 10.1 Å². The lowest BCUT2D eigenvalue weighted by Crippen LogP contribution is -2.06. The molecular formula is C21H16F3N3O7. The van der Waals surface area contributed by atoms with Crippen LogP contribution in [0.1, 0.15) is 27.4 Å². The van der Waals surface area contributed by atoms with Gasteiger partial charge in [-0.15, -0.1) is 0 Å². The molecule has 34 heavy (non-hydrogen) atoms. The van der Waals surface area contributed by atoms with Crippen LogP contribution in [-0.4, -0.2) is 29.3 Å². The zero-order valence-corrected chi connectivity index (χ0v) is 17.3. The molecule has 0 spiro atoms. The van der Waals surface area contributed by atoms with Crippen LogP contribution in [-0.2, 0) is 12.8 Å². The maximum Gasteiger partial charge on any atom is 0.416 e. The minimum Gasteiger partial charge on any atom is -0.493 e. The number of hydrogen-bond donors (Lipinski definition) is 2. The molecule has 0 unspecified atom stereocenters. The van der Waals surface area contributed by atoms with Gasteiger partial charge in [0.05, 0.1) is 23.8 Å². The van der Waals surface area contributed by atoms with Gasteiger partial charge in [0.1, 0.15) is 18.1 Å². The van der Waals surface area contributed by atoms with Gasteiger partial charge in [-0.3, -0.25) is 15.5 Å². The summed E-state index contributed by atoms with van der Waals surface area (Å²) in [5.74, 6) is -0.526. The first-order valence-electron chi connectivity index (χ1n) is 9.36. The monoisotopic (exact) mass is 479 g/mol. The van der Waals surface area contributed by atoms with Crippen LogP contribution in [0.3, 0.4) is 0 Å². The van der Waals surface area contributed by atoms with E-state index < -0.39 is 28.3 Å². The van der Waals surface area contributed by atoms with Crippen molar-refractivity contribution in [2.45, 2.75) is 12.8 Å². The number of benzene rings is 2. The number of carboxylic acids is 1. The number of carbonyl (C=O) groups is 1. The maximum absolute atomic E-state index is 12.8. The Morgan fingerprint density at radius 2 is 1.97 bits per heavy atom. The Bertz CT molecular complexity index is 1240. The minimum atomic E-state index is -4.72. The number of anilines is 1. The largest absolute Gasteiger partial charge is 0.493 e. The molecule has 1 aromatic heterocycles. The average Bonchev–Trinajstić information content (AvgIpc) is 3.27. The van der Waals surface area contributed by atoms with Gasteiger partial charge in [0, 0.05) is 6.07 Å². The van der Waals surface area contributed by atoms with Gasteiger partial charge < -0.3 is 19.0 Å². The summed E-state index contributed by atoms with van der Waals surface area (Å²) in [5, 5.41) is 23.8. The number of nitrogens with zero attached hydrogens (tertiary/aromatic N) is 2. The van der Waals surface area contributed by atoms with Gasteiger partial charge in [-0.1, -0.05) is 0 Å². The standard InChI is InChI=1S/C21H16F3N3O7/c1-32-19-8-12(2-6-17(19)33-11-14-4-7-18(34-14)20(28)29)10-25-26-15-5-3-13(21(22,23)24)9-16(15)27(30)31/h2-10,26H,11H2,1H3,(H,28,29). The molecule has 0 radical (unpaired) electrons. The zero-order chi connectivity index (χ0) is 24.9. The number of nitro groups is 1. The third kappa shape index (κ3) is 5.82. The lowest BCUT2D eigenvalue weighted by Gasteiger charge is -2.10. The molecule has 10 nitrogen and oxygen atoms in total. The number of halogens is 3. The highest BCUT2D eigenvalue weighted by Crippen LogP contribution is 2.35. The summed E-state index contributed by atoms with van der Waals surface area (Å²) >= 11 is 0. The average molecular weight is 479 g/mol. The second-order valence-electron chi connectivity index (χ2n) is 6.63. The number of methoxy groups -OCH3 is 1. The Kier molecular flexibility index (Phi) is 7.04. The van der Waals surface area contributed by atoms with Gasteiger partial charge >= 0.3 is 12.1 Å². The number of hydrogen-bond acceptors (Lipinski definition) is 8. The van der Waals surface area contributed by atoms with Crippen LogP contribution in [0.25, 0.3) is 0 Å². The molecule has 0 saturated heterocycles. The summed E-state index contributed by atoms with van der Waals surface area (Å²) in [6.07, 6.45) is -3.44. The molecule has 0 amide bonds. The number of nitrogens with one attached hydrogen (secondary N) is 1. The Hall–Kier alpha value is -4.55. The highest BCUT2D eigenvalue weighted by Gasteiger charge is 2.33. The van der Waals surface area contributed by atoms with E-state index in [0.29, 0.717) is 29.2 Å². The van der Waals surface area contributed by atoms with E-state index in [0.717, 1.165) is 6.07 Å². The van der Waals surface area contributed by atoms with Crippen LogP contribution in [0.5, 0.6) is 11.5 Å². The number of rotatable bonds is 9. The maximum atomic E-state index is 12.8. The van der Waals surface area contributed by atoms with Gasteiger partial charge in [0.2, 0.25) is 5.76 Å². The predicted molar refractivity (Wildman–Crippen MR) is 112 cm³/mol. The van der Waals surface area contributed by atoms with E-state index in [-0.39, 0.29) is 23.8 Å². The first-order chi connectivity index (χ1) is 16.1. The summed E-state index contributed by atoms with van der Waals surface area (Å²) in [5.41, 5.74) is 0.691. The number of hydrazone groups is 1. The van der Waals surface area contributed by atoms with Crippen molar-refractivity contribution in [2.75, 3.05) is 12.5 Å². The zero-order valence-electron chi connectivity index (χ0n) is 17.3. The fourth-order valence-electron chi connectivity index (χ4n) is 2.73. The normalized spacial score (nSPS) is 11.4. The molecule has 0 aliphatic carbocycles. The van der Waals surface area contributed by atoms with E-state index in [9.17, 15) is 28.1 Å². The van der Waals surface area contributed by atoms with E-state index in [1.54, 1.807) is 12.1 Å². The van der Waals surface area contributed by atoms with E-state index in [1.165, 1.54) is 31.5 Å². The summed E-state index contributed by atoms with van der Waals surface area (Å²) in [6, 6.07) is 9.46. The molecule has 13 heteroatoms. The summed E-state index contributed by atoms with van der Waals surface area (Å²) < 4.78 is 54.3. The molecule has 178 valence electrons. The number of carboxylic acid groups (broad SMARTS) is 1. The molecule has 0 aliphatic heterocycles. The molecular weight excluding hydrogens is 463 g/mol. The second kappa shape index (κ2) is 9.94. The quantitative estimate of drug-likeness (QED) is 0.250. The van der Waals surface area contributed by atoms with E-state index >= 15 is 0 Å². The topological polar surface area (TPSA) is 136 Å². The first-order valence-corrected chi connectivity index (χ1v) is 9.36. The number of furan rings is 1. The third-order valence-corrected chi connectivity index (χ3v) is 4.35. The van der Waals surface area contributed by atoms with Gasteiger partial charge in [-0.25, -0.2) is 4.79 Å². The van der Waals surface area contributed by atoms with Crippen LogP contribution >= 0.6 is 0 Å². The molecule has 2 aromatic carbocycles. The van der Waals surface area contributed by atoms with E-state index in [4.69, 9.17) is 19.0 Å². The molecule has 2 N–H and O–H groups in total. The van der Waals surface area contributed by atoms with Gasteiger partial charge in [0.25, 0.3) is 5.69 Å². The minimum absolute atomic E-state index is 0.0593. The Morgan fingerprint density at radius 3 is 2.59 bits per heavy atom. The van der Waals surface area contributed by atoms with Crippen LogP contribution < -0.4 is 14.9 Å². The number of ether oxygens (including phenoxy) is 2. The SMILES string of the molecule is COc1cc(C=NNc2ccc(C(F)(F)F)cc2[N+](=O)[O-])ccc1OCc1ccc(C(=O)O)o1. The highest BCUT2D eigenvalue weighted by molar-refractivity contribution is 5.84. The lowest BCUT2D eigenvalue weighted by atomic mass is 10.1. The van der Waals surface area contributed by atoms with Crippen molar-refractivity contribution >= 4 is 23.6 Å². The van der Waals surface area contributed by atoms with Crippen molar-refractivity contribution in [2.24, 2.45) is 5.10 Å². The highest BCUT2D eigenvalue weighted by atomic mass is 19.4. The van der Waals surface area contributed by atoms with E-state index in [2.05, 4.69) is 10.5 Å². The molecule has 0 bridgehead atoms. The fraction of sp³-hybridized carbons (Fsp3) is 0.143. The Balaban J connectivity index is 1.70. The summed E-state index contributed by atoms with van der Waals surface area (Å²) in [4.78, 5) is 21.0. The molecule has 3 aromatic rings. The van der Waals surface area contributed by atoms with Crippen molar-refractivity contribution in [3.05, 3.63) is 81.3 Å². The smallest absolute Gasteiger partial charge is 0.416 e. The van der Waals surface area contributed by atoms with Crippen LogP contribution in [0.15, 0.2) is 58.0 Å². The molecule has 0 fully saturated rings. The molecule has 3 rings (SSSR count). The van der Waals surface area contributed by atoms with Crippen LogP contribution in [0.4, 0.5) is 24.5 Å². The summed E-state index contributed by atoms with van der Waals surface area (Å²) in [7, 11) is 1.39. The summed E-state index contributed by atoms with van der Waals surface area (Å²) in [6.45, 7) is -0.0593. The van der Waals surface area contributed by atoms with Crippen molar-refractivity contribution in [1.29, 1.82) is 0 Å². The third-order valence-electron chi connectivity index (χ3n) is 4.35. The second-order valence-corrected chi connectivity index (χ2v) is 6.63.